The molecule has 5 nitrogen and oxygen atoms in total. The first kappa shape index (κ1) is 14.5. The fourth-order valence-corrected chi connectivity index (χ4v) is 1.61. The first-order valence-corrected chi connectivity index (χ1v) is 7.36. The van der Waals surface area contributed by atoms with Gasteiger partial charge in [0.15, 0.2) is 9.84 Å². The lowest BCUT2D eigenvalue weighted by Crippen LogP contribution is -2.47. The third kappa shape index (κ3) is 3.22. The van der Waals surface area contributed by atoms with Crippen molar-refractivity contribution in [2.24, 2.45) is 0 Å². The number of nitrogen functional groups attached to an aromatic ring is 1. The summed E-state index contributed by atoms with van der Waals surface area (Å²) >= 11 is 0. The zero-order valence-electron chi connectivity index (χ0n) is 10.7. The lowest BCUT2D eigenvalue weighted by Gasteiger charge is -2.21. The number of amides is 1. The maximum Gasteiger partial charge on any atom is 0.241 e. The molecule has 0 bridgehead atoms. The minimum atomic E-state index is -3.44. The largest absolute Gasteiger partial charge is 0.399 e. The van der Waals surface area contributed by atoms with Crippen LogP contribution in [0.25, 0.3) is 0 Å². The number of sulfone groups is 1. The second kappa shape index (κ2) is 4.97. The second-order valence-electron chi connectivity index (χ2n) is 4.71. The van der Waals surface area contributed by atoms with E-state index in [1.54, 1.807) is 24.3 Å². The molecule has 0 fully saturated rings. The molecule has 0 aliphatic heterocycles. The van der Waals surface area contributed by atoms with Gasteiger partial charge in [-0.3, -0.25) is 4.79 Å². The van der Waals surface area contributed by atoms with Crippen LogP contribution in [0.2, 0.25) is 0 Å². The highest BCUT2D eigenvalue weighted by molar-refractivity contribution is 7.92. The van der Waals surface area contributed by atoms with Gasteiger partial charge in [0.25, 0.3) is 0 Å². The number of nitrogens with two attached hydrogens (primary N) is 1. The average molecular weight is 270 g/mol. The van der Waals surface area contributed by atoms with Crippen molar-refractivity contribution in [1.82, 2.24) is 5.32 Å². The lowest BCUT2D eigenvalue weighted by atomic mass is 10.1. The van der Waals surface area contributed by atoms with Crippen molar-refractivity contribution in [2.75, 3.05) is 12.0 Å². The number of hydrogen-bond donors (Lipinski definition) is 2. The van der Waals surface area contributed by atoms with E-state index in [0.717, 1.165) is 11.8 Å². The Kier molecular flexibility index (Phi) is 4.01. The van der Waals surface area contributed by atoms with Crippen molar-refractivity contribution in [1.29, 1.82) is 0 Å². The number of benzene rings is 1. The fourth-order valence-electron chi connectivity index (χ4n) is 1.20. The normalized spacial score (nSPS) is 12.2. The summed E-state index contributed by atoms with van der Waals surface area (Å²) in [5.41, 5.74) is 7.05. The van der Waals surface area contributed by atoms with E-state index in [1.807, 2.05) is 0 Å². The molecule has 0 atom stereocenters. The van der Waals surface area contributed by atoms with E-state index in [4.69, 9.17) is 5.73 Å². The van der Waals surface area contributed by atoms with E-state index in [-0.39, 0.29) is 6.54 Å². The van der Waals surface area contributed by atoms with Crippen LogP contribution >= 0.6 is 0 Å². The van der Waals surface area contributed by atoms with Crippen molar-refractivity contribution in [3.63, 3.8) is 0 Å². The number of carbonyl (C=O) groups excluding carboxylic acids is 1. The molecule has 0 spiro atoms. The summed E-state index contributed by atoms with van der Waals surface area (Å²) in [5, 5.41) is 2.61. The minimum Gasteiger partial charge on any atom is -0.399 e. The maximum absolute atomic E-state index is 11.8. The van der Waals surface area contributed by atoms with Crippen LogP contribution < -0.4 is 11.1 Å². The summed E-state index contributed by atoms with van der Waals surface area (Å²) in [4.78, 5) is 11.8. The maximum atomic E-state index is 11.8. The standard InChI is InChI=1S/C12H18N2O3S/c1-12(2,18(3,16)17)11(15)14-8-9-4-6-10(13)7-5-9/h4-7H,8,13H2,1-3H3,(H,14,15). The zero-order chi connectivity index (χ0) is 14.0. The average Bonchev–Trinajstić information content (AvgIpc) is 2.26. The van der Waals surface area contributed by atoms with E-state index >= 15 is 0 Å². The van der Waals surface area contributed by atoms with Crippen molar-refractivity contribution in [3.8, 4) is 0 Å². The Balaban J connectivity index is 2.70. The molecule has 18 heavy (non-hydrogen) atoms. The van der Waals surface area contributed by atoms with E-state index < -0.39 is 20.5 Å². The molecule has 0 heterocycles. The first-order valence-electron chi connectivity index (χ1n) is 5.47. The highest BCUT2D eigenvalue weighted by atomic mass is 32.2. The van der Waals surface area contributed by atoms with Crippen LogP contribution in [0.4, 0.5) is 5.69 Å². The van der Waals surface area contributed by atoms with E-state index in [1.165, 1.54) is 13.8 Å². The summed E-state index contributed by atoms with van der Waals surface area (Å²) in [6, 6.07) is 7.01. The quantitative estimate of drug-likeness (QED) is 0.788. The van der Waals surface area contributed by atoms with Crippen LogP contribution in [0.5, 0.6) is 0 Å². The molecule has 1 amide bonds. The smallest absolute Gasteiger partial charge is 0.241 e. The zero-order valence-corrected chi connectivity index (χ0v) is 11.5. The highest BCUT2D eigenvalue weighted by Gasteiger charge is 2.38. The predicted octanol–water partition coefficient (Wildman–Crippen LogP) is 0.708. The molecule has 0 radical (unpaired) electrons. The van der Waals surface area contributed by atoms with Crippen LogP contribution in [0.3, 0.4) is 0 Å². The molecular weight excluding hydrogens is 252 g/mol. The predicted molar refractivity (Wildman–Crippen MR) is 71.6 cm³/mol. The summed E-state index contributed by atoms with van der Waals surface area (Å²) < 4.78 is 21.5. The SMILES string of the molecule is CC(C)(C(=O)NCc1ccc(N)cc1)S(C)(=O)=O. The number of anilines is 1. The summed E-state index contributed by atoms with van der Waals surface area (Å²) in [7, 11) is -3.44. The Morgan fingerprint density at radius 3 is 2.22 bits per heavy atom. The van der Waals surface area contributed by atoms with Crippen LogP contribution in [-0.4, -0.2) is 25.3 Å². The molecule has 1 rings (SSSR count). The third-order valence-electron chi connectivity index (χ3n) is 2.91. The highest BCUT2D eigenvalue weighted by Crippen LogP contribution is 2.15. The monoisotopic (exact) mass is 270 g/mol. The Hall–Kier alpha value is -1.56. The van der Waals surface area contributed by atoms with Crippen molar-refractivity contribution in [2.45, 2.75) is 25.1 Å². The number of carbonyl (C=O) groups is 1. The molecule has 0 saturated carbocycles. The van der Waals surface area contributed by atoms with Gasteiger partial charge in [0.05, 0.1) is 0 Å². The molecule has 100 valence electrons. The van der Waals surface area contributed by atoms with Gasteiger partial charge >= 0.3 is 0 Å². The fraction of sp³-hybridized carbons (Fsp3) is 0.417. The minimum absolute atomic E-state index is 0.276. The molecule has 0 aromatic heterocycles. The van der Waals surface area contributed by atoms with Crippen LogP contribution in [0, 0.1) is 0 Å². The Labute approximate surface area is 107 Å². The van der Waals surface area contributed by atoms with Gasteiger partial charge in [-0.1, -0.05) is 12.1 Å². The topological polar surface area (TPSA) is 89.3 Å². The van der Waals surface area contributed by atoms with Crippen molar-refractivity contribution in [3.05, 3.63) is 29.8 Å². The summed E-state index contributed by atoms with van der Waals surface area (Å²) in [5.74, 6) is -0.512. The first-order chi connectivity index (χ1) is 8.14. The molecule has 1 aromatic carbocycles. The molecule has 3 N–H and O–H groups in total. The summed E-state index contributed by atoms with van der Waals surface area (Å²) in [6.45, 7) is 3.05. The van der Waals surface area contributed by atoms with Gasteiger partial charge < -0.3 is 11.1 Å². The molecule has 0 unspecified atom stereocenters. The van der Waals surface area contributed by atoms with Gasteiger partial charge in [-0.25, -0.2) is 8.42 Å². The van der Waals surface area contributed by atoms with E-state index in [9.17, 15) is 13.2 Å². The Morgan fingerprint density at radius 2 is 1.78 bits per heavy atom. The van der Waals surface area contributed by atoms with Gasteiger partial charge in [-0.15, -0.1) is 0 Å². The molecule has 6 heteroatoms. The number of rotatable bonds is 4. The van der Waals surface area contributed by atoms with Crippen LogP contribution in [0.1, 0.15) is 19.4 Å². The Bertz CT molecular complexity index is 533. The molecular formula is C12H18N2O3S. The second-order valence-corrected chi connectivity index (χ2v) is 7.27. The van der Waals surface area contributed by atoms with Crippen molar-refractivity contribution >= 4 is 21.4 Å². The van der Waals surface area contributed by atoms with Gasteiger partial charge in [0.2, 0.25) is 5.91 Å². The van der Waals surface area contributed by atoms with Crippen LogP contribution in [0.15, 0.2) is 24.3 Å². The molecule has 0 aliphatic rings. The van der Waals surface area contributed by atoms with E-state index in [2.05, 4.69) is 5.32 Å². The lowest BCUT2D eigenvalue weighted by molar-refractivity contribution is -0.123. The summed E-state index contributed by atoms with van der Waals surface area (Å²) in [6.07, 6.45) is 1.05. The number of nitrogens with one attached hydrogen (secondary N) is 1. The van der Waals surface area contributed by atoms with Gasteiger partial charge in [0, 0.05) is 18.5 Å². The van der Waals surface area contributed by atoms with Crippen LogP contribution in [-0.2, 0) is 21.2 Å². The molecule has 0 aliphatic carbocycles. The van der Waals surface area contributed by atoms with Gasteiger partial charge in [0.1, 0.15) is 4.75 Å². The molecule has 0 saturated heterocycles. The van der Waals surface area contributed by atoms with Crippen molar-refractivity contribution < 1.29 is 13.2 Å². The third-order valence-corrected chi connectivity index (χ3v) is 4.95. The van der Waals surface area contributed by atoms with Gasteiger partial charge in [-0.05, 0) is 31.5 Å². The van der Waals surface area contributed by atoms with Gasteiger partial charge in [-0.2, -0.15) is 0 Å². The number of hydrogen-bond acceptors (Lipinski definition) is 4. The molecule has 1 aromatic rings. The van der Waals surface area contributed by atoms with E-state index in [0.29, 0.717) is 5.69 Å². The Morgan fingerprint density at radius 1 is 1.28 bits per heavy atom.